The SMILES string of the molecule is Cn1cc(CN2C[C@@H]3CC[C@H]2Cc2ccccc2C3)cn1. The molecule has 1 aliphatic carbocycles. The Morgan fingerprint density at radius 2 is 1.95 bits per heavy atom. The van der Waals surface area contributed by atoms with Crippen molar-refractivity contribution in [1.82, 2.24) is 14.7 Å². The van der Waals surface area contributed by atoms with Crippen molar-refractivity contribution in [3.05, 3.63) is 53.3 Å². The largest absolute Gasteiger partial charge is 0.295 e. The highest BCUT2D eigenvalue weighted by Crippen LogP contribution is 2.32. The second-order valence-corrected chi connectivity index (χ2v) is 6.73. The summed E-state index contributed by atoms with van der Waals surface area (Å²) in [6, 6.07) is 9.75. The molecule has 1 fully saturated rings. The molecule has 0 radical (unpaired) electrons. The van der Waals surface area contributed by atoms with Crippen molar-refractivity contribution in [2.45, 2.75) is 38.3 Å². The molecule has 0 amide bonds. The number of aryl methyl sites for hydroxylation is 1. The average Bonchev–Trinajstić information content (AvgIpc) is 2.85. The van der Waals surface area contributed by atoms with Gasteiger partial charge in [-0.2, -0.15) is 5.10 Å². The molecule has 2 aromatic rings. The van der Waals surface area contributed by atoms with Gasteiger partial charge in [0, 0.05) is 37.9 Å². The van der Waals surface area contributed by atoms with Gasteiger partial charge in [-0.1, -0.05) is 24.3 Å². The third-order valence-corrected chi connectivity index (χ3v) is 5.14. The molecule has 0 spiro atoms. The molecule has 1 saturated heterocycles. The maximum Gasteiger partial charge on any atom is 0.0534 e. The Morgan fingerprint density at radius 1 is 1.14 bits per heavy atom. The Bertz CT molecular complexity index is 631. The predicted molar refractivity (Wildman–Crippen MR) is 84.0 cm³/mol. The molecule has 0 unspecified atom stereocenters. The summed E-state index contributed by atoms with van der Waals surface area (Å²) in [4.78, 5) is 2.70. The van der Waals surface area contributed by atoms with Crippen LogP contribution in [-0.4, -0.2) is 27.3 Å². The molecule has 2 aliphatic heterocycles. The van der Waals surface area contributed by atoms with E-state index in [2.05, 4.69) is 40.5 Å². The standard InChI is InChI=1S/C18H23N3/c1-20-11-15(10-19-20)13-21-12-14-6-7-18(21)9-17-5-3-2-4-16(17)8-14/h2-5,10-11,14,18H,6-9,12-13H2,1H3/t14-,18+/m1/s1. The highest BCUT2D eigenvalue weighted by atomic mass is 15.2. The fourth-order valence-electron chi connectivity index (χ4n) is 4.08. The van der Waals surface area contributed by atoms with E-state index in [0.717, 1.165) is 12.5 Å². The van der Waals surface area contributed by atoms with Crippen molar-refractivity contribution in [1.29, 1.82) is 0 Å². The number of rotatable bonds is 2. The summed E-state index contributed by atoms with van der Waals surface area (Å²) >= 11 is 0. The Morgan fingerprint density at radius 3 is 2.71 bits per heavy atom. The van der Waals surface area contributed by atoms with Gasteiger partial charge in [-0.3, -0.25) is 9.58 Å². The fraction of sp³-hybridized carbons (Fsp3) is 0.500. The first-order valence-corrected chi connectivity index (χ1v) is 8.06. The third kappa shape index (κ3) is 2.62. The molecule has 1 aromatic carbocycles. The molecule has 110 valence electrons. The highest BCUT2D eigenvalue weighted by molar-refractivity contribution is 5.30. The van der Waals surface area contributed by atoms with E-state index < -0.39 is 0 Å². The molecule has 3 heteroatoms. The monoisotopic (exact) mass is 281 g/mol. The van der Waals surface area contributed by atoms with E-state index in [4.69, 9.17) is 0 Å². The van der Waals surface area contributed by atoms with Crippen molar-refractivity contribution in [3.8, 4) is 0 Å². The quantitative estimate of drug-likeness (QED) is 0.844. The zero-order chi connectivity index (χ0) is 14.2. The lowest BCUT2D eigenvalue weighted by Crippen LogP contribution is -2.46. The van der Waals surface area contributed by atoms with Crippen molar-refractivity contribution < 1.29 is 0 Å². The number of fused-ring (bicyclic) bond motifs is 2. The van der Waals surface area contributed by atoms with E-state index >= 15 is 0 Å². The van der Waals surface area contributed by atoms with Crippen molar-refractivity contribution in [2.24, 2.45) is 13.0 Å². The predicted octanol–water partition coefficient (Wildman–Crippen LogP) is 2.80. The van der Waals surface area contributed by atoms with Gasteiger partial charge in [0.1, 0.15) is 0 Å². The highest BCUT2D eigenvalue weighted by Gasteiger charge is 2.31. The van der Waals surface area contributed by atoms with Gasteiger partial charge in [-0.05, 0) is 42.7 Å². The number of hydrogen-bond donors (Lipinski definition) is 0. The molecule has 3 nitrogen and oxygen atoms in total. The van der Waals surface area contributed by atoms with E-state index in [-0.39, 0.29) is 0 Å². The number of nitrogens with zero attached hydrogens (tertiary/aromatic N) is 3. The maximum atomic E-state index is 4.31. The number of piperidine rings is 1. The van der Waals surface area contributed by atoms with E-state index in [1.807, 2.05) is 17.9 Å². The van der Waals surface area contributed by atoms with Crippen LogP contribution in [0.1, 0.15) is 29.5 Å². The van der Waals surface area contributed by atoms with Crippen molar-refractivity contribution in [2.75, 3.05) is 6.54 Å². The number of benzene rings is 1. The third-order valence-electron chi connectivity index (χ3n) is 5.14. The molecule has 2 atom stereocenters. The summed E-state index contributed by atoms with van der Waals surface area (Å²) in [5, 5.41) is 4.31. The minimum Gasteiger partial charge on any atom is -0.295 e. The molecule has 5 rings (SSSR count). The normalized spacial score (nSPS) is 25.4. The lowest BCUT2D eigenvalue weighted by molar-refractivity contribution is 0.0938. The lowest BCUT2D eigenvalue weighted by Gasteiger charge is -2.42. The Labute approximate surface area is 126 Å². The topological polar surface area (TPSA) is 21.1 Å². The smallest absolute Gasteiger partial charge is 0.0534 e. The van der Waals surface area contributed by atoms with Gasteiger partial charge in [0.2, 0.25) is 0 Å². The van der Waals surface area contributed by atoms with Gasteiger partial charge in [0.15, 0.2) is 0 Å². The van der Waals surface area contributed by atoms with E-state index in [9.17, 15) is 0 Å². The first-order valence-electron chi connectivity index (χ1n) is 8.06. The molecule has 3 aliphatic rings. The molecule has 3 heterocycles. The Balaban J connectivity index is 1.58. The zero-order valence-corrected chi connectivity index (χ0v) is 12.7. The van der Waals surface area contributed by atoms with Crippen molar-refractivity contribution in [3.63, 3.8) is 0 Å². The lowest BCUT2D eigenvalue weighted by atomic mass is 9.80. The average molecular weight is 281 g/mol. The van der Waals surface area contributed by atoms with Gasteiger partial charge in [-0.15, -0.1) is 0 Å². The van der Waals surface area contributed by atoms with Gasteiger partial charge < -0.3 is 0 Å². The van der Waals surface area contributed by atoms with Crippen LogP contribution >= 0.6 is 0 Å². The summed E-state index contributed by atoms with van der Waals surface area (Å²) in [5.41, 5.74) is 4.51. The molecule has 2 bridgehead atoms. The van der Waals surface area contributed by atoms with Crippen LogP contribution in [0.4, 0.5) is 0 Å². The van der Waals surface area contributed by atoms with Crippen LogP contribution in [0, 0.1) is 5.92 Å². The summed E-state index contributed by atoms with van der Waals surface area (Å²) in [5.74, 6) is 0.819. The van der Waals surface area contributed by atoms with Crippen LogP contribution < -0.4 is 0 Å². The van der Waals surface area contributed by atoms with E-state index in [1.54, 1.807) is 11.1 Å². The first kappa shape index (κ1) is 13.1. The number of hydrogen-bond acceptors (Lipinski definition) is 2. The fourth-order valence-corrected chi connectivity index (χ4v) is 4.08. The Hall–Kier alpha value is -1.61. The molecular weight excluding hydrogens is 258 g/mol. The molecule has 0 saturated carbocycles. The van der Waals surface area contributed by atoms with E-state index in [1.165, 1.54) is 37.8 Å². The minimum atomic E-state index is 0.697. The molecule has 1 aromatic heterocycles. The number of aromatic nitrogens is 2. The summed E-state index contributed by atoms with van der Waals surface area (Å²) in [6.45, 7) is 2.30. The van der Waals surface area contributed by atoms with Crippen LogP contribution in [0.5, 0.6) is 0 Å². The summed E-state index contributed by atoms with van der Waals surface area (Å²) in [7, 11) is 2.00. The van der Waals surface area contributed by atoms with Crippen LogP contribution in [0.3, 0.4) is 0 Å². The van der Waals surface area contributed by atoms with Gasteiger partial charge in [-0.25, -0.2) is 0 Å². The molecular formula is C18H23N3. The van der Waals surface area contributed by atoms with Crippen LogP contribution in [0.2, 0.25) is 0 Å². The minimum absolute atomic E-state index is 0.697. The Kier molecular flexibility index (Phi) is 3.30. The molecule has 0 N–H and O–H groups in total. The second kappa shape index (κ2) is 5.30. The molecule has 21 heavy (non-hydrogen) atoms. The zero-order valence-electron chi connectivity index (χ0n) is 12.7. The maximum absolute atomic E-state index is 4.31. The summed E-state index contributed by atoms with van der Waals surface area (Å²) in [6.07, 6.45) is 9.37. The van der Waals surface area contributed by atoms with Gasteiger partial charge in [0.25, 0.3) is 0 Å². The van der Waals surface area contributed by atoms with Crippen LogP contribution in [0.25, 0.3) is 0 Å². The van der Waals surface area contributed by atoms with Crippen LogP contribution in [-0.2, 0) is 26.4 Å². The van der Waals surface area contributed by atoms with Gasteiger partial charge in [0.05, 0.1) is 6.20 Å². The van der Waals surface area contributed by atoms with Crippen molar-refractivity contribution >= 4 is 0 Å². The second-order valence-electron chi connectivity index (χ2n) is 6.73. The van der Waals surface area contributed by atoms with E-state index in [0.29, 0.717) is 6.04 Å². The van der Waals surface area contributed by atoms with Gasteiger partial charge >= 0.3 is 0 Å². The first-order chi connectivity index (χ1) is 10.3. The van der Waals surface area contributed by atoms with Crippen LogP contribution in [0.15, 0.2) is 36.7 Å². The summed E-state index contributed by atoms with van der Waals surface area (Å²) < 4.78 is 1.91.